The number of carbonyl (C=O) groups is 1. The number of hydrogen-bond acceptors (Lipinski definition) is 5. The number of likely N-dealkylation sites (tertiary alicyclic amines) is 1. The van der Waals surface area contributed by atoms with E-state index < -0.39 is 0 Å². The van der Waals surface area contributed by atoms with Crippen molar-refractivity contribution in [3.05, 3.63) is 47.7 Å². The number of piperidine rings is 1. The number of aromatic hydroxyl groups is 1. The molecule has 138 valence electrons. The molecule has 3 heterocycles. The smallest absolute Gasteiger partial charge is 0.199 e. The highest BCUT2D eigenvalue weighted by Crippen LogP contribution is 2.35. The Hall–Kier alpha value is -2.88. The van der Waals surface area contributed by atoms with E-state index in [1.165, 1.54) is 0 Å². The quantitative estimate of drug-likeness (QED) is 0.724. The van der Waals surface area contributed by atoms with Gasteiger partial charge in [-0.05, 0) is 36.7 Å². The van der Waals surface area contributed by atoms with Crippen molar-refractivity contribution in [2.75, 3.05) is 13.1 Å². The predicted molar refractivity (Wildman–Crippen MR) is 105 cm³/mol. The summed E-state index contributed by atoms with van der Waals surface area (Å²) in [5.74, 6) is 0.332. The van der Waals surface area contributed by atoms with Crippen molar-refractivity contribution in [3.63, 3.8) is 0 Å². The molecule has 6 nitrogen and oxygen atoms in total. The Balaban J connectivity index is 0.00000210. The Morgan fingerprint density at radius 3 is 2.85 bits per heavy atom. The van der Waals surface area contributed by atoms with Crippen molar-refractivity contribution >= 4 is 29.1 Å². The topological polar surface area (TPSA) is 93.0 Å². The number of pyridine rings is 1. The van der Waals surface area contributed by atoms with Gasteiger partial charge in [0.15, 0.2) is 5.88 Å². The van der Waals surface area contributed by atoms with Gasteiger partial charge < -0.3 is 10.1 Å². The van der Waals surface area contributed by atoms with Gasteiger partial charge in [-0.2, -0.15) is 5.26 Å². The first-order valence-electron chi connectivity index (χ1n) is 8.58. The van der Waals surface area contributed by atoms with Gasteiger partial charge >= 0.3 is 0 Å². The minimum Gasteiger partial charge on any atom is -0.494 e. The van der Waals surface area contributed by atoms with Crippen molar-refractivity contribution < 1.29 is 9.90 Å². The molecule has 1 aliphatic rings. The van der Waals surface area contributed by atoms with Gasteiger partial charge in [0.2, 0.25) is 0 Å². The molecule has 0 radical (unpaired) electrons. The molecule has 27 heavy (non-hydrogen) atoms. The van der Waals surface area contributed by atoms with Crippen molar-refractivity contribution in [1.82, 2.24) is 14.9 Å². The van der Waals surface area contributed by atoms with Crippen LogP contribution in [-0.4, -0.2) is 38.8 Å². The number of halogens is 1. The Kier molecular flexibility index (Phi) is 5.45. The van der Waals surface area contributed by atoms with Crippen LogP contribution in [-0.2, 0) is 11.3 Å². The standard InChI is InChI=1S/C20H18N4O2.ClH/c21-9-13-3-5-16-18(8-13)23-20(26)19(16)17-6-4-14(10-22-17)11-24-7-1-2-15(25)12-24;/h3-6,8,10,23,26H,1-2,7,11-12H2;1H. The van der Waals surface area contributed by atoms with Gasteiger partial charge in [-0.1, -0.05) is 12.1 Å². The molecule has 0 bridgehead atoms. The highest BCUT2D eigenvalue weighted by Gasteiger charge is 2.18. The number of nitrogens with one attached hydrogen (secondary N) is 1. The zero-order valence-corrected chi connectivity index (χ0v) is 15.4. The summed E-state index contributed by atoms with van der Waals surface area (Å²) in [5.41, 5.74) is 3.56. The summed E-state index contributed by atoms with van der Waals surface area (Å²) in [5, 5.41) is 20.1. The molecule has 1 fully saturated rings. The van der Waals surface area contributed by atoms with Crippen LogP contribution in [0, 0.1) is 11.3 Å². The van der Waals surface area contributed by atoms with Crippen LogP contribution >= 0.6 is 12.4 Å². The summed E-state index contributed by atoms with van der Waals surface area (Å²) in [7, 11) is 0. The van der Waals surface area contributed by atoms with Gasteiger partial charge in [0.1, 0.15) is 5.78 Å². The number of carbonyl (C=O) groups excluding carboxylic acids is 1. The fourth-order valence-corrected chi connectivity index (χ4v) is 3.48. The molecule has 2 N–H and O–H groups in total. The van der Waals surface area contributed by atoms with E-state index in [0.29, 0.717) is 47.6 Å². The fourth-order valence-electron chi connectivity index (χ4n) is 3.48. The Morgan fingerprint density at radius 2 is 2.15 bits per heavy atom. The minimum atomic E-state index is 0. The van der Waals surface area contributed by atoms with Gasteiger partial charge in [-0.25, -0.2) is 0 Å². The fraction of sp³-hybridized carbons (Fsp3) is 0.250. The van der Waals surface area contributed by atoms with Crippen LogP contribution in [0.25, 0.3) is 22.2 Å². The Bertz CT molecular complexity index is 1020. The highest BCUT2D eigenvalue weighted by atomic mass is 35.5. The van der Waals surface area contributed by atoms with Crippen LogP contribution in [0.2, 0.25) is 0 Å². The maximum Gasteiger partial charge on any atom is 0.199 e. The molecule has 4 rings (SSSR count). The van der Waals surface area contributed by atoms with Crippen LogP contribution in [0.3, 0.4) is 0 Å². The second kappa shape index (κ2) is 7.78. The lowest BCUT2D eigenvalue weighted by Gasteiger charge is -2.25. The van der Waals surface area contributed by atoms with Crippen LogP contribution in [0.5, 0.6) is 5.88 Å². The molecule has 0 unspecified atom stereocenters. The van der Waals surface area contributed by atoms with E-state index in [9.17, 15) is 9.90 Å². The summed E-state index contributed by atoms with van der Waals surface area (Å²) in [6.45, 7) is 2.13. The number of Topliss-reactive ketones (excluding diaryl/α,β-unsaturated/α-hetero) is 1. The van der Waals surface area contributed by atoms with Crippen LogP contribution in [0.15, 0.2) is 36.5 Å². The molecule has 2 aromatic heterocycles. The van der Waals surface area contributed by atoms with E-state index in [4.69, 9.17) is 5.26 Å². The van der Waals surface area contributed by atoms with Crippen LogP contribution in [0.1, 0.15) is 24.0 Å². The number of aromatic nitrogens is 2. The summed E-state index contributed by atoms with van der Waals surface area (Å²) < 4.78 is 0. The molecule has 0 amide bonds. The molecule has 0 saturated carbocycles. The Labute approximate surface area is 162 Å². The van der Waals surface area contributed by atoms with Crippen LogP contribution in [0.4, 0.5) is 0 Å². The van der Waals surface area contributed by atoms with E-state index >= 15 is 0 Å². The number of hydrogen-bond donors (Lipinski definition) is 2. The van der Waals surface area contributed by atoms with E-state index in [0.717, 1.165) is 23.9 Å². The van der Waals surface area contributed by atoms with Crippen molar-refractivity contribution in [2.24, 2.45) is 0 Å². The molecule has 7 heteroatoms. The average molecular weight is 383 g/mol. The first-order chi connectivity index (χ1) is 12.6. The third kappa shape index (κ3) is 3.80. The minimum absolute atomic E-state index is 0. The molecule has 1 saturated heterocycles. The third-order valence-electron chi connectivity index (χ3n) is 4.72. The number of nitrogens with zero attached hydrogens (tertiary/aromatic N) is 3. The lowest BCUT2D eigenvalue weighted by Crippen LogP contribution is -2.34. The number of aromatic amines is 1. The molecule has 0 aliphatic carbocycles. The van der Waals surface area contributed by atoms with Crippen molar-refractivity contribution in [1.29, 1.82) is 5.26 Å². The number of nitriles is 1. The molecular formula is C20H19ClN4O2. The lowest BCUT2D eigenvalue weighted by molar-refractivity contribution is -0.122. The monoisotopic (exact) mass is 382 g/mol. The predicted octanol–water partition coefficient (Wildman–Crippen LogP) is 3.39. The van der Waals surface area contributed by atoms with E-state index in [-0.39, 0.29) is 18.3 Å². The first-order valence-corrected chi connectivity index (χ1v) is 8.58. The first kappa shape index (κ1) is 18.9. The summed E-state index contributed by atoms with van der Waals surface area (Å²) in [6, 6.07) is 11.2. The van der Waals surface area contributed by atoms with Crippen LogP contribution < -0.4 is 0 Å². The number of rotatable bonds is 3. The number of benzene rings is 1. The Morgan fingerprint density at radius 1 is 1.30 bits per heavy atom. The van der Waals surface area contributed by atoms with E-state index in [2.05, 4.69) is 20.9 Å². The molecule has 3 aromatic rings. The van der Waals surface area contributed by atoms with Gasteiger partial charge in [-0.15, -0.1) is 12.4 Å². The normalized spacial score (nSPS) is 14.7. The van der Waals surface area contributed by atoms with Gasteiger partial charge in [0.05, 0.1) is 35.0 Å². The van der Waals surface area contributed by atoms with Gasteiger partial charge in [0, 0.05) is 24.5 Å². The summed E-state index contributed by atoms with van der Waals surface area (Å²) >= 11 is 0. The number of H-pyrrole nitrogens is 1. The molecule has 1 aliphatic heterocycles. The number of fused-ring (bicyclic) bond motifs is 1. The molecule has 1 aromatic carbocycles. The third-order valence-corrected chi connectivity index (χ3v) is 4.72. The van der Waals surface area contributed by atoms with Crippen molar-refractivity contribution in [2.45, 2.75) is 19.4 Å². The van der Waals surface area contributed by atoms with Gasteiger partial charge in [-0.3, -0.25) is 14.7 Å². The lowest BCUT2D eigenvalue weighted by atomic mass is 10.1. The zero-order chi connectivity index (χ0) is 18.1. The zero-order valence-electron chi connectivity index (χ0n) is 14.6. The number of ketones is 1. The molecule has 0 atom stereocenters. The second-order valence-electron chi connectivity index (χ2n) is 6.63. The summed E-state index contributed by atoms with van der Waals surface area (Å²) in [6.07, 6.45) is 3.38. The van der Waals surface area contributed by atoms with E-state index in [1.807, 2.05) is 18.2 Å². The second-order valence-corrected chi connectivity index (χ2v) is 6.63. The SMILES string of the molecule is Cl.N#Cc1ccc2c(-c3ccc(CN4CCCC(=O)C4)cn3)c(O)[nH]c2c1. The largest absolute Gasteiger partial charge is 0.494 e. The molecule has 0 spiro atoms. The van der Waals surface area contributed by atoms with E-state index in [1.54, 1.807) is 18.3 Å². The van der Waals surface area contributed by atoms with Gasteiger partial charge in [0.25, 0.3) is 0 Å². The average Bonchev–Trinajstić information content (AvgIpc) is 2.97. The summed E-state index contributed by atoms with van der Waals surface area (Å²) in [4.78, 5) is 21.1. The highest BCUT2D eigenvalue weighted by molar-refractivity contribution is 5.98. The maximum absolute atomic E-state index is 11.6. The molecular weight excluding hydrogens is 364 g/mol. The maximum atomic E-state index is 11.6. The van der Waals surface area contributed by atoms with Crippen molar-refractivity contribution in [3.8, 4) is 23.2 Å².